The highest BCUT2D eigenvalue weighted by Crippen LogP contribution is 2.32. The largest absolute Gasteiger partial charge is 0.490 e. The Balaban J connectivity index is 0.00000208. The van der Waals surface area contributed by atoms with E-state index in [1.807, 2.05) is 43.1 Å². The van der Waals surface area contributed by atoms with E-state index >= 15 is 0 Å². The molecule has 128 valence electrons. The molecule has 3 rings (SSSR count). The molecule has 6 heteroatoms. The molecule has 0 fully saturated rings. The summed E-state index contributed by atoms with van der Waals surface area (Å²) in [4.78, 5) is 2.08. The molecule has 0 aliphatic carbocycles. The summed E-state index contributed by atoms with van der Waals surface area (Å²) < 4.78 is 22.1. The zero-order valence-electron chi connectivity index (χ0n) is 13.5. The third-order valence-electron chi connectivity index (χ3n) is 3.63. The van der Waals surface area contributed by atoms with E-state index in [-0.39, 0.29) is 18.2 Å². The molecule has 0 saturated heterocycles. The van der Waals surface area contributed by atoms with Crippen molar-refractivity contribution in [3.63, 3.8) is 0 Å². The van der Waals surface area contributed by atoms with Crippen LogP contribution in [0.3, 0.4) is 0 Å². The number of rotatable bonds is 5. The average molecular weight is 414 g/mol. The van der Waals surface area contributed by atoms with Gasteiger partial charge >= 0.3 is 0 Å². The van der Waals surface area contributed by atoms with E-state index in [0.717, 1.165) is 33.4 Å². The number of halogens is 3. The first-order valence-corrected chi connectivity index (χ1v) is 8.18. The fraction of sp³-hybridized carbons (Fsp3) is 0.222. The SMILES string of the molecule is CN(C)CCOc1cn(-c2ccc(F)cc2)c2ccc(Br)cc12.Cl. The second-order valence-corrected chi connectivity index (χ2v) is 6.57. The van der Waals surface area contributed by atoms with Crippen molar-refractivity contribution < 1.29 is 9.13 Å². The van der Waals surface area contributed by atoms with Gasteiger partial charge in [0.1, 0.15) is 18.2 Å². The number of aromatic nitrogens is 1. The number of likely N-dealkylation sites (N-methyl/N-ethyl adjacent to an activating group) is 1. The van der Waals surface area contributed by atoms with Crippen LogP contribution in [0.1, 0.15) is 0 Å². The molecule has 3 nitrogen and oxygen atoms in total. The molecular formula is C18H19BrClFN2O. The van der Waals surface area contributed by atoms with E-state index in [9.17, 15) is 4.39 Å². The van der Waals surface area contributed by atoms with Gasteiger partial charge in [-0.25, -0.2) is 4.39 Å². The van der Waals surface area contributed by atoms with Crippen molar-refractivity contribution in [3.8, 4) is 11.4 Å². The van der Waals surface area contributed by atoms with Crippen LogP contribution in [0.4, 0.5) is 4.39 Å². The quantitative estimate of drug-likeness (QED) is 0.592. The summed E-state index contributed by atoms with van der Waals surface area (Å²) in [6.45, 7) is 1.46. The molecule has 0 N–H and O–H groups in total. The van der Waals surface area contributed by atoms with Gasteiger partial charge in [-0.1, -0.05) is 15.9 Å². The molecule has 1 aromatic heterocycles. The van der Waals surface area contributed by atoms with Gasteiger partial charge in [0.05, 0.1) is 11.7 Å². The van der Waals surface area contributed by atoms with Crippen molar-refractivity contribution in [1.82, 2.24) is 9.47 Å². The Morgan fingerprint density at radius 2 is 1.83 bits per heavy atom. The van der Waals surface area contributed by atoms with Gasteiger partial charge in [0.2, 0.25) is 0 Å². The Kier molecular flexibility index (Phi) is 6.27. The van der Waals surface area contributed by atoms with E-state index in [4.69, 9.17) is 4.74 Å². The predicted octanol–water partition coefficient (Wildman–Crippen LogP) is 4.89. The van der Waals surface area contributed by atoms with Crippen molar-refractivity contribution in [3.05, 3.63) is 59.0 Å². The monoisotopic (exact) mass is 412 g/mol. The van der Waals surface area contributed by atoms with Crippen LogP contribution in [-0.2, 0) is 0 Å². The van der Waals surface area contributed by atoms with Gasteiger partial charge in [-0.15, -0.1) is 12.4 Å². The highest BCUT2D eigenvalue weighted by Gasteiger charge is 2.12. The van der Waals surface area contributed by atoms with Crippen molar-refractivity contribution >= 4 is 39.2 Å². The van der Waals surface area contributed by atoms with Gasteiger partial charge in [0.15, 0.2) is 0 Å². The molecule has 0 unspecified atom stereocenters. The van der Waals surface area contributed by atoms with E-state index < -0.39 is 0 Å². The molecule has 0 bridgehead atoms. The number of hydrogen-bond donors (Lipinski definition) is 0. The second kappa shape index (κ2) is 8.01. The van der Waals surface area contributed by atoms with Crippen LogP contribution >= 0.6 is 28.3 Å². The van der Waals surface area contributed by atoms with Crippen molar-refractivity contribution in [1.29, 1.82) is 0 Å². The minimum absolute atomic E-state index is 0. The Labute approximate surface area is 155 Å². The summed E-state index contributed by atoms with van der Waals surface area (Å²) in [6, 6.07) is 12.5. The lowest BCUT2D eigenvalue weighted by Crippen LogP contribution is -2.19. The predicted molar refractivity (Wildman–Crippen MR) is 102 cm³/mol. The Morgan fingerprint density at radius 3 is 2.50 bits per heavy atom. The lowest BCUT2D eigenvalue weighted by molar-refractivity contribution is 0.263. The lowest BCUT2D eigenvalue weighted by Gasteiger charge is -2.10. The lowest BCUT2D eigenvalue weighted by atomic mass is 10.2. The Bertz CT molecular complexity index is 818. The van der Waals surface area contributed by atoms with Crippen molar-refractivity contribution in [2.75, 3.05) is 27.2 Å². The van der Waals surface area contributed by atoms with Gasteiger partial charge in [0.25, 0.3) is 0 Å². The third kappa shape index (κ3) is 4.09. The first-order valence-electron chi connectivity index (χ1n) is 7.38. The molecule has 0 spiro atoms. The minimum Gasteiger partial charge on any atom is -0.490 e. The van der Waals surface area contributed by atoms with Crippen LogP contribution in [-0.4, -0.2) is 36.7 Å². The molecule has 0 amide bonds. The standard InChI is InChI=1S/C18H18BrFN2O.ClH/c1-21(2)9-10-23-18-12-22(15-6-4-14(20)5-7-15)17-8-3-13(19)11-16(17)18;/h3-8,11-12H,9-10H2,1-2H3;1H. The van der Waals surface area contributed by atoms with Gasteiger partial charge < -0.3 is 14.2 Å². The van der Waals surface area contributed by atoms with E-state index in [0.29, 0.717) is 6.61 Å². The summed E-state index contributed by atoms with van der Waals surface area (Å²) in [5.41, 5.74) is 1.93. The van der Waals surface area contributed by atoms with Crippen LogP contribution in [0.25, 0.3) is 16.6 Å². The Morgan fingerprint density at radius 1 is 1.12 bits per heavy atom. The number of hydrogen-bond acceptors (Lipinski definition) is 2. The van der Waals surface area contributed by atoms with Crippen LogP contribution in [0.2, 0.25) is 0 Å². The molecule has 0 aliphatic rings. The molecule has 3 aromatic rings. The summed E-state index contributed by atoms with van der Waals surface area (Å²) in [5.74, 6) is 0.586. The van der Waals surface area contributed by atoms with Crippen LogP contribution in [0.5, 0.6) is 5.75 Å². The zero-order valence-corrected chi connectivity index (χ0v) is 15.9. The second-order valence-electron chi connectivity index (χ2n) is 5.65. The molecular weight excluding hydrogens is 395 g/mol. The normalized spacial score (nSPS) is 10.9. The van der Waals surface area contributed by atoms with Gasteiger partial charge in [-0.2, -0.15) is 0 Å². The summed E-state index contributed by atoms with van der Waals surface area (Å²) >= 11 is 3.51. The maximum Gasteiger partial charge on any atom is 0.145 e. The first-order chi connectivity index (χ1) is 11.0. The molecule has 0 aliphatic heterocycles. The smallest absolute Gasteiger partial charge is 0.145 e. The van der Waals surface area contributed by atoms with Crippen LogP contribution in [0, 0.1) is 5.82 Å². The maximum atomic E-state index is 13.2. The number of ether oxygens (including phenoxy) is 1. The molecule has 0 saturated carbocycles. The zero-order chi connectivity index (χ0) is 16.4. The third-order valence-corrected chi connectivity index (χ3v) is 4.12. The van der Waals surface area contributed by atoms with Gasteiger partial charge in [-0.05, 0) is 56.6 Å². The fourth-order valence-electron chi connectivity index (χ4n) is 2.44. The Hall–Kier alpha value is -1.56. The summed E-state index contributed by atoms with van der Waals surface area (Å²) in [7, 11) is 4.03. The van der Waals surface area contributed by atoms with Crippen LogP contribution in [0.15, 0.2) is 53.1 Å². The number of benzene rings is 2. The maximum absolute atomic E-state index is 13.2. The molecule has 1 heterocycles. The molecule has 0 atom stereocenters. The first kappa shape index (κ1) is 18.8. The van der Waals surface area contributed by atoms with Crippen molar-refractivity contribution in [2.24, 2.45) is 0 Å². The van der Waals surface area contributed by atoms with E-state index in [1.54, 1.807) is 12.1 Å². The summed E-state index contributed by atoms with van der Waals surface area (Å²) in [6.07, 6.45) is 1.96. The van der Waals surface area contributed by atoms with E-state index in [2.05, 4.69) is 20.8 Å². The molecule has 2 aromatic carbocycles. The minimum atomic E-state index is -0.240. The fourth-order valence-corrected chi connectivity index (χ4v) is 2.80. The molecule has 0 radical (unpaired) electrons. The number of fused-ring (bicyclic) bond motifs is 1. The highest BCUT2D eigenvalue weighted by atomic mass is 79.9. The summed E-state index contributed by atoms with van der Waals surface area (Å²) in [5, 5.41) is 1.03. The number of nitrogens with zero attached hydrogens (tertiary/aromatic N) is 2. The topological polar surface area (TPSA) is 17.4 Å². The van der Waals surface area contributed by atoms with E-state index in [1.165, 1.54) is 12.1 Å². The average Bonchev–Trinajstić information content (AvgIpc) is 2.86. The molecule has 24 heavy (non-hydrogen) atoms. The van der Waals surface area contributed by atoms with Gasteiger partial charge in [0, 0.05) is 22.1 Å². The van der Waals surface area contributed by atoms with Gasteiger partial charge in [-0.3, -0.25) is 0 Å². The highest BCUT2D eigenvalue weighted by molar-refractivity contribution is 9.10. The van der Waals surface area contributed by atoms with Crippen molar-refractivity contribution in [2.45, 2.75) is 0 Å². The van der Waals surface area contributed by atoms with Crippen LogP contribution < -0.4 is 4.74 Å².